The van der Waals surface area contributed by atoms with E-state index in [1.165, 1.54) is 16.0 Å². The van der Waals surface area contributed by atoms with Crippen molar-refractivity contribution in [2.24, 2.45) is 0 Å². The molecular weight excluding hydrogens is 478 g/mol. The Bertz CT molecular complexity index is 1480. The van der Waals surface area contributed by atoms with E-state index in [1.807, 2.05) is 12.1 Å². The van der Waals surface area contributed by atoms with Crippen molar-refractivity contribution >= 4 is 28.6 Å². The van der Waals surface area contributed by atoms with Gasteiger partial charge in [-0.1, -0.05) is 24.3 Å². The molecule has 38 heavy (non-hydrogen) atoms. The molecule has 0 aliphatic carbocycles. The zero-order chi connectivity index (χ0) is 26.6. The van der Waals surface area contributed by atoms with Crippen molar-refractivity contribution in [2.45, 2.75) is 44.6 Å². The maximum Gasteiger partial charge on any atom is 0.305 e. The third-order valence-electron chi connectivity index (χ3n) is 7.10. The van der Waals surface area contributed by atoms with Crippen molar-refractivity contribution in [3.8, 4) is 0 Å². The molecule has 1 aliphatic heterocycles. The Morgan fingerprint density at radius 3 is 2.79 bits per heavy atom. The topological polar surface area (TPSA) is 100 Å². The van der Waals surface area contributed by atoms with Gasteiger partial charge in [-0.05, 0) is 79.1 Å². The standard InChI is InChI=1S/C30H33N5O3/c1-34(2)30(38)23-8-4-7-22(17-23)27(18-28(36)37)35-26-14-11-20(16-24(26)19-32-35)6-3-10-25-13-12-21-9-5-15-31-29(21)33-25/h4,7-8,11-14,16-17,19,27H,3,5-6,9-10,15,18H2,1-2H3,(H,31,33)(H,36,37). The minimum atomic E-state index is -0.925. The number of amides is 1. The molecule has 1 aliphatic rings. The van der Waals surface area contributed by atoms with Crippen molar-refractivity contribution < 1.29 is 14.7 Å². The van der Waals surface area contributed by atoms with Gasteiger partial charge in [-0.25, -0.2) is 4.98 Å². The molecule has 8 nitrogen and oxygen atoms in total. The van der Waals surface area contributed by atoms with Crippen LogP contribution >= 0.6 is 0 Å². The monoisotopic (exact) mass is 511 g/mol. The third kappa shape index (κ3) is 5.54. The lowest BCUT2D eigenvalue weighted by molar-refractivity contribution is -0.137. The molecule has 1 unspecified atom stereocenters. The van der Waals surface area contributed by atoms with Crippen molar-refractivity contribution in [1.29, 1.82) is 0 Å². The van der Waals surface area contributed by atoms with E-state index in [0.29, 0.717) is 5.56 Å². The molecule has 5 rings (SSSR count). The number of hydrogen-bond donors (Lipinski definition) is 2. The number of anilines is 1. The van der Waals surface area contributed by atoms with Crippen LogP contribution in [0.1, 0.15) is 58.0 Å². The average molecular weight is 512 g/mol. The van der Waals surface area contributed by atoms with Gasteiger partial charge in [0.2, 0.25) is 0 Å². The molecule has 0 saturated heterocycles. The van der Waals surface area contributed by atoms with E-state index >= 15 is 0 Å². The van der Waals surface area contributed by atoms with Crippen molar-refractivity contribution in [3.63, 3.8) is 0 Å². The second-order valence-electron chi connectivity index (χ2n) is 10.1. The maximum atomic E-state index is 12.5. The summed E-state index contributed by atoms with van der Waals surface area (Å²) in [5, 5.41) is 18.6. The Kier molecular flexibility index (Phi) is 7.40. The zero-order valence-corrected chi connectivity index (χ0v) is 21.9. The van der Waals surface area contributed by atoms with Crippen LogP contribution in [-0.2, 0) is 24.1 Å². The first kappa shape index (κ1) is 25.4. The number of carbonyl (C=O) groups is 2. The average Bonchev–Trinajstić information content (AvgIpc) is 3.34. The molecule has 0 bridgehead atoms. The highest BCUT2D eigenvalue weighted by molar-refractivity contribution is 5.94. The number of fused-ring (bicyclic) bond motifs is 2. The van der Waals surface area contributed by atoms with Crippen LogP contribution in [0.3, 0.4) is 0 Å². The predicted octanol–water partition coefficient (Wildman–Crippen LogP) is 4.73. The lowest BCUT2D eigenvalue weighted by Crippen LogP contribution is -2.22. The fraction of sp³-hybridized carbons (Fsp3) is 0.333. The van der Waals surface area contributed by atoms with Gasteiger partial charge in [0.15, 0.2) is 0 Å². The highest BCUT2D eigenvalue weighted by Crippen LogP contribution is 2.28. The van der Waals surface area contributed by atoms with Crippen LogP contribution in [0.2, 0.25) is 0 Å². The Balaban J connectivity index is 1.33. The van der Waals surface area contributed by atoms with Crippen molar-refractivity contribution in [1.82, 2.24) is 19.7 Å². The fourth-order valence-electron chi connectivity index (χ4n) is 5.14. The summed E-state index contributed by atoms with van der Waals surface area (Å²) < 4.78 is 1.76. The molecule has 1 amide bonds. The number of rotatable bonds is 9. The number of aliphatic carboxylic acids is 1. The van der Waals surface area contributed by atoms with Gasteiger partial charge in [0.25, 0.3) is 5.91 Å². The largest absolute Gasteiger partial charge is 0.481 e. The smallest absolute Gasteiger partial charge is 0.305 e. The van der Waals surface area contributed by atoms with E-state index in [9.17, 15) is 14.7 Å². The summed E-state index contributed by atoms with van der Waals surface area (Å²) in [4.78, 5) is 30.6. The van der Waals surface area contributed by atoms with E-state index in [2.05, 4.69) is 34.7 Å². The number of nitrogens with zero attached hydrogens (tertiary/aromatic N) is 4. The molecule has 2 aromatic heterocycles. The molecule has 0 fully saturated rings. The normalized spacial score (nSPS) is 13.5. The summed E-state index contributed by atoms with van der Waals surface area (Å²) in [7, 11) is 3.39. The lowest BCUT2D eigenvalue weighted by Gasteiger charge is -2.19. The number of nitrogens with one attached hydrogen (secondary N) is 1. The van der Waals surface area contributed by atoms with Crippen LogP contribution < -0.4 is 5.32 Å². The van der Waals surface area contributed by atoms with Crippen LogP contribution in [0.25, 0.3) is 10.9 Å². The van der Waals surface area contributed by atoms with Crippen LogP contribution in [0.4, 0.5) is 5.82 Å². The minimum absolute atomic E-state index is 0.127. The second-order valence-corrected chi connectivity index (χ2v) is 10.1. The molecule has 0 radical (unpaired) electrons. The predicted molar refractivity (Wildman–Crippen MR) is 148 cm³/mol. The molecule has 0 saturated carbocycles. The first-order valence-corrected chi connectivity index (χ1v) is 13.1. The van der Waals surface area contributed by atoms with Gasteiger partial charge in [-0.3, -0.25) is 14.3 Å². The quantitative estimate of drug-likeness (QED) is 0.337. The van der Waals surface area contributed by atoms with E-state index in [4.69, 9.17) is 4.98 Å². The zero-order valence-electron chi connectivity index (χ0n) is 21.9. The summed E-state index contributed by atoms with van der Waals surface area (Å²) in [5.41, 5.74) is 5.75. The first-order chi connectivity index (χ1) is 18.4. The van der Waals surface area contributed by atoms with E-state index in [1.54, 1.807) is 43.2 Å². The molecular formula is C30H33N5O3. The summed E-state index contributed by atoms with van der Waals surface area (Å²) in [5.74, 6) is -0.0153. The number of pyridine rings is 1. The minimum Gasteiger partial charge on any atom is -0.481 e. The van der Waals surface area contributed by atoms with Crippen LogP contribution in [0.5, 0.6) is 0 Å². The summed E-state index contributed by atoms with van der Waals surface area (Å²) in [6, 6.07) is 17.2. The molecule has 2 N–H and O–H groups in total. The number of carboxylic acids is 1. The Morgan fingerprint density at radius 1 is 1.11 bits per heavy atom. The summed E-state index contributed by atoms with van der Waals surface area (Å²) >= 11 is 0. The Hall–Kier alpha value is -4.20. The second kappa shape index (κ2) is 11.0. The van der Waals surface area contributed by atoms with Gasteiger partial charge < -0.3 is 15.3 Å². The SMILES string of the molecule is CN(C)C(=O)c1cccc(C(CC(=O)O)n2ncc3cc(CCCc4ccc5c(n4)NCCC5)ccc32)c1. The van der Waals surface area contributed by atoms with Crippen LogP contribution in [0, 0.1) is 0 Å². The summed E-state index contributed by atoms with van der Waals surface area (Å²) in [6.45, 7) is 0.990. The maximum absolute atomic E-state index is 12.5. The van der Waals surface area contributed by atoms with Gasteiger partial charge in [-0.2, -0.15) is 5.10 Å². The molecule has 3 heterocycles. The molecule has 0 spiro atoms. The Labute approximate surface area is 222 Å². The van der Waals surface area contributed by atoms with Gasteiger partial charge in [0.1, 0.15) is 5.82 Å². The Morgan fingerprint density at radius 2 is 1.97 bits per heavy atom. The molecule has 2 aromatic carbocycles. The highest BCUT2D eigenvalue weighted by Gasteiger charge is 2.22. The molecule has 4 aromatic rings. The van der Waals surface area contributed by atoms with Crippen molar-refractivity contribution in [3.05, 3.63) is 88.7 Å². The molecule has 8 heteroatoms. The van der Waals surface area contributed by atoms with Gasteiger partial charge in [0, 0.05) is 37.3 Å². The van der Waals surface area contributed by atoms with Crippen LogP contribution in [-0.4, -0.2) is 57.3 Å². The summed E-state index contributed by atoms with van der Waals surface area (Å²) in [6.07, 6.45) is 6.72. The third-order valence-corrected chi connectivity index (χ3v) is 7.10. The van der Waals surface area contributed by atoms with E-state index in [-0.39, 0.29) is 12.3 Å². The molecule has 196 valence electrons. The number of hydrogen-bond acceptors (Lipinski definition) is 5. The number of benzene rings is 2. The number of carbonyl (C=O) groups excluding carboxylic acids is 1. The first-order valence-electron chi connectivity index (χ1n) is 13.1. The van der Waals surface area contributed by atoms with Gasteiger partial charge in [0.05, 0.1) is 24.2 Å². The number of aryl methyl sites for hydroxylation is 3. The number of carboxylic acid groups (broad SMARTS) is 1. The highest BCUT2D eigenvalue weighted by atomic mass is 16.4. The fourth-order valence-corrected chi connectivity index (χ4v) is 5.14. The number of aromatic nitrogens is 3. The van der Waals surface area contributed by atoms with E-state index in [0.717, 1.165) is 66.6 Å². The van der Waals surface area contributed by atoms with Gasteiger partial charge >= 0.3 is 5.97 Å². The molecule has 1 atom stereocenters. The van der Waals surface area contributed by atoms with Crippen molar-refractivity contribution in [2.75, 3.05) is 26.0 Å². The lowest BCUT2D eigenvalue weighted by atomic mass is 10.00. The van der Waals surface area contributed by atoms with Gasteiger partial charge in [-0.15, -0.1) is 0 Å². The van der Waals surface area contributed by atoms with E-state index < -0.39 is 12.0 Å². The van der Waals surface area contributed by atoms with Crippen LogP contribution in [0.15, 0.2) is 60.8 Å².